The van der Waals surface area contributed by atoms with Crippen molar-refractivity contribution in [1.29, 1.82) is 0 Å². The van der Waals surface area contributed by atoms with E-state index in [1.54, 1.807) is 0 Å². The molecule has 2 heterocycles. The number of nitrogens with zero attached hydrogens (tertiary/aromatic N) is 1. The van der Waals surface area contributed by atoms with Gasteiger partial charge in [-0.2, -0.15) is 0 Å². The molecule has 1 aliphatic heterocycles. The number of hydrogen-bond donors (Lipinski definition) is 1. The van der Waals surface area contributed by atoms with Crippen LogP contribution >= 0.6 is 0 Å². The van der Waals surface area contributed by atoms with E-state index in [0.717, 1.165) is 33.9 Å². The number of aromatic nitrogens is 2. The second-order valence-electron chi connectivity index (χ2n) is 4.59. The number of ether oxygens (including phenoxy) is 2. The molecule has 0 aliphatic carbocycles. The smallest absolute Gasteiger partial charge is 0.231 e. The first-order valence-electron chi connectivity index (χ1n) is 6.41. The Morgan fingerprint density at radius 2 is 1.80 bits per heavy atom. The molecule has 0 radical (unpaired) electrons. The highest BCUT2D eigenvalue weighted by Crippen LogP contribution is 2.35. The predicted octanol–water partition coefficient (Wildman–Crippen LogP) is 3.46. The van der Waals surface area contributed by atoms with E-state index in [1.165, 1.54) is 0 Å². The monoisotopic (exact) mass is 264 g/mol. The van der Waals surface area contributed by atoms with Gasteiger partial charge >= 0.3 is 0 Å². The predicted molar refractivity (Wildman–Crippen MR) is 77.6 cm³/mol. The molecule has 1 aromatic heterocycles. The van der Waals surface area contributed by atoms with E-state index in [0.29, 0.717) is 0 Å². The molecule has 0 amide bonds. The highest BCUT2D eigenvalue weighted by molar-refractivity contribution is 5.82. The van der Waals surface area contributed by atoms with Crippen molar-refractivity contribution >= 4 is 23.2 Å². The fraction of sp³-hybridized carbons (Fsp3) is 0.0625. The largest absolute Gasteiger partial charge is 0.454 e. The lowest BCUT2D eigenvalue weighted by Gasteiger charge is -1.93. The van der Waals surface area contributed by atoms with E-state index >= 15 is 0 Å². The van der Waals surface area contributed by atoms with Crippen LogP contribution in [0.15, 0.2) is 42.5 Å². The summed E-state index contributed by atoms with van der Waals surface area (Å²) in [6.45, 7) is 0.280. The summed E-state index contributed by atoms with van der Waals surface area (Å²) in [6, 6.07) is 13.9. The first kappa shape index (κ1) is 11.1. The summed E-state index contributed by atoms with van der Waals surface area (Å²) >= 11 is 0. The lowest BCUT2D eigenvalue weighted by molar-refractivity contribution is 0.174. The van der Waals surface area contributed by atoms with E-state index in [2.05, 4.69) is 22.1 Å². The molecule has 4 heteroatoms. The average molecular weight is 264 g/mol. The van der Waals surface area contributed by atoms with Crippen molar-refractivity contribution in [3.05, 3.63) is 53.9 Å². The van der Waals surface area contributed by atoms with E-state index < -0.39 is 0 Å². The van der Waals surface area contributed by atoms with Crippen LogP contribution in [0.3, 0.4) is 0 Å². The topological polar surface area (TPSA) is 47.1 Å². The third-order valence-electron chi connectivity index (χ3n) is 3.23. The van der Waals surface area contributed by atoms with Gasteiger partial charge in [-0.25, -0.2) is 4.98 Å². The molecular formula is C16H12N2O2. The summed E-state index contributed by atoms with van der Waals surface area (Å²) in [5.41, 5.74) is 2.96. The zero-order valence-electron chi connectivity index (χ0n) is 10.7. The second-order valence-corrected chi connectivity index (χ2v) is 4.59. The van der Waals surface area contributed by atoms with Gasteiger partial charge in [0.15, 0.2) is 11.5 Å². The van der Waals surface area contributed by atoms with Crippen LogP contribution in [0, 0.1) is 0 Å². The summed E-state index contributed by atoms with van der Waals surface area (Å²) in [5.74, 6) is 2.33. The van der Waals surface area contributed by atoms with Crippen molar-refractivity contribution in [3.63, 3.8) is 0 Å². The minimum absolute atomic E-state index is 0.280. The fourth-order valence-electron chi connectivity index (χ4n) is 2.24. The molecular weight excluding hydrogens is 252 g/mol. The number of H-pyrrole nitrogens is 1. The van der Waals surface area contributed by atoms with Crippen molar-refractivity contribution in [2.45, 2.75) is 0 Å². The van der Waals surface area contributed by atoms with E-state index in [-0.39, 0.29) is 6.79 Å². The zero-order chi connectivity index (χ0) is 13.4. The summed E-state index contributed by atoms with van der Waals surface area (Å²) in [7, 11) is 0. The molecule has 2 aromatic carbocycles. The Morgan fingerprint density at radius 1 is 1.00 bits per heavy atom. The molecule has 1 aliphatic rings. The van der Waals surface area contributed by atoms with E-state index in [4.69, 9.17) is 9.47 Å². The second kappa shape index (κ2) is 4.42. The van der Waals surface area contributed by atoms with Gasteiger partial charge in [0.25, 0.3) is 0 Å². The normalized spacial score (nSPS) is 13.4. The van der Waals surface area contributed by atoms with Crippen molar-refractivity contribution in [3.8, 4) is 11.5 Å². The van der Waals surface area contributed by atoms with Crippen molar-refractivity contribution in [1.82, 2.24) is 9.97 Å². The van der Waals surface area contributed by atoms with Gasteiger partial charge in [0.05, 0.1) is 11.0 Å². The first-order chi connectivity index (χ1) is 9.88. The standard InChI is InChI=1S/C16H12N2O2/c1-2-4-11(5-3-1)6-7-16-17-12-8-14-15(20-10-19-14)9-13(12)18-16/h1-9H,10H2,(H,17,18)/b7-6+. The summed E-state index contributed by atoms with van der Waals surface area (Å²) in [5, 5.41) is 0. The van der Waals surface area contributed by atoms with Gasteiger partial charge in [0, 0.05) is 12.1 Å². The Bertz CT molecular complexity index is 750. The van der Waals surface area contributed by atoms with E-state index in [1.807, 2.05) is 42.5 Å². The van der Waals surface area contributed by atoms with Crippen LogP contribution in [0.4, 0.5) is 0 Å². The number of benzene rings is 2. The molecule has 20 heavy (non-hydrogen) atoms. The Hall–Kier alpha value is -2.75. The van der Waals surface area contributed by atoms with Crippen LogP contribution in [-0.2, 0) is 0 Å². The molecule has 0 saturated heterocycles. The van der Waals surface area contributed by atoms with Crippen LogP contribution in [0.25, 0.3) is 23.2 Å². The number of fused-ring (bicyclic) bond motifs is 2. The van der Waals surface area contributed by atoms with Crippen LogP contribution < -0.4 is 9.47 Å². The maximum atomic E-state index is 5.36. The SMILES string of the molecule is C(=C\c1nc2cc3c(cc2[nH]1)OCO3)/c1ccccc1. The van der Waals surface area contributed by atoms with Crippen LogP contribution in [-0.4, -0.2) is 16.8 Å². The minimum atomic E-state index is 0.280. The zero-order valence-corrected chi connectivity index (χ0v) is 10.7. The summed E-state index contributed by atoms with van der Waals surface area (Å²) in [4.78, 5) is 7.79. The molecule has 0 atom stereocenters. The van der Waals surface area contributed by atoms with Gasteiger partial charge in [-0.3, -0.25) is 0 Å². The molecule has 0 fully saturated rings. The quantitative estimate of drug-likeness (QED) is 0.771. The van der Waals surface area contributed by atoms with Gasteiger partial charge in [0.1, 0.15) is 5.82 Å². The number of imidazole rings is 1. The van der Waals surface area contributed by atoms with Gasteiger partial charge in [-0.15, -0.1) is 0 Å². The number of hydrogen-bond acceptors (Lipinski definition) is 3. The van der Waals surface area contributed by atoms with Crippen LogP contribution in [0.2, 0.25) is 0 Å². The lowest BCUT2D eigenvalue weighted by atomic mass is 10.2. The maximum Gasteiger partial charge on any atom is 0.231 e. The third kappa shape index (κ3) is 1.91. The molecule has 3 aromatic rings. The molecule has 4 nitrogen and oxygen atoms in total. The number of rotatable bonds is 2. The fourth-order valence-corrected chi connectivity index (χ4v) is 2.24. The highest BCUT2D eigenvalue weighted by Gasteiger charge is 2.15. The maximum absolute atomic E-state index is 5.36. The van der Waals surface area contributed by atoms with Crippen LogP contribution in [0.1, 0.15) is 11.4 Å². The van der Waals surface area contributed by atoms with Crippen molar-refractivity contribution < 1.29 is 9.47 Å². The van der Waals surface area contributed by atoms with Gasteiger partial charge in [-0.1, -0.05) is 36.4 Å². The van der Waals surface area contributed by atoms with Gasteiger partial charge in [0.2, 0.25) is 6.79 Å². The molecule has 0 unspecified atom stereocenters. The highest BCUT2D eigenvalue weighted by atomic mass is 16.7. The van der Waals surface area contributed by atoms with Gasteiger partial charge in [-0.05, 0) is 11.6 Å². The Balaban J connectivity index is 1.69. The Kier molecular flexibility index (Phi) is 2.45. The summed E-state index contributed by atoms with van der Waals surface area (Å²) in [6.07, 6.45) is 3.99. The molecule has 98 valence electrons. The molecule has 4 rings (SSSR count). The van der Waals surface area contributed by atoms with Crippen LogP contribution in [0.5, 0.6) is 11.5 Å². The molecule has 0 spiro atoms. The Labute approximate surface area is 115 Å². The molecule has 0 bridgehead atoms. The van der Waals surface area contributed by atoms with Crippen molar-refractivity contribution in [2.75, 3.05) is 6.79 Å². The minimum Gasteiger partial charge on any atom is -0.454 e. The molecule has 1 N–H and O–H groups in total. The van der Waals surface area contributed by atoms with Gasteiger partial charge < -0.3 is 14.5 Å². The number of aromatic amines is 1. The van der Waals surface area contributed by atoms with E-state index in [9.17, 15) is 0 Å². The average Bonchev–Trinajstić information content (AvgIpc) is 3.08. The van der Waals surface area contributed by atoms with Crippen molar-refractivity contribution in [2.24, 2.45) is 0 Å². The lowest BCUT2D eigenvalue weighted by Crippen LogP contribution is -1.92. The number of nitrogens with one attached hydrogen (secondary N) is 1. The summed E-state index contributed by atoms with van der Waals surface area (Å²) < 4.78 is 10.7. The third-order valence-corrected chi connectivity index (χ3v) is 3.23. The Morgan fingerprint density at radius 3 is 2.65 bits per heavy atom. The first-order valence-corrected chi connectivity index (χ1v) is 6.41. The molecule has 0 saturated carbocycles.